The van der Waals surface area contributed by atoms with Gasteiger partial charge in [0.05, 0.1) is 19.4 Å². The Labute approximate surface area is 83.6 Å². The quantitative estimate of drug-likeness (QED) is 0.522. The molecule has 1 N–H and O–H groups in total. The molecular weight excluding hydrogens is 184 g/mol. The van der Waals surface area contributed by atoms with Crippen molar-refractivity contribution in [2.24, 2.45) is 5.92 Å². The van der Waals surface area contributed by atoms with E-state index in [-0.39, 0.29) is 6.42 Å². The minimum absolute atomic E-state index is 0.215. The molecular formula is C10H16O4. The molecule has 0 aliphatic rings. The fraction of sp³-hybridized carbons (Fsp3) is 0.600. The van der Waals surface area contributed by atoms with Gasteiger partial charge in [0.1, 0.15) is 0 Å². The van der Waals surface area contributed by atoms with Crippen molar-refractivity contribution in [1.29, 1.82) is 0 Å². The van der Waals surface area contributed by atoms with Gasteiger partial charge in [0.15, 0.2) is 0 Å². The predicted molar refractivity (Wildman–Crippen MR) is 51.8 cm³/mol. The van der Waals surface area contributed by atoms with Gasteiger partial charge in [-0.05, 0) is 6.42 Å². The third-order valence-corrected chi connectivity index (χ3v) is 1.72. The Morgan fingerprint density at radius 1 is 1.50 bits per heavy atom. The minimum atomic E-state index is -0.999. The lowest BCUT2D eigenvalue weighted by atomic mass is 10.0. The van der Waals surface area contributed by atoms with E-state index in [0.29, 0.717) is 0 Å². The van der Waals surface area contributed by atoms with Gasteiger partial charge in [0.2, 0.25) is 0 Å². The smallest absolute Gasteiger partial charge is 0.313 e. The summed E-state index contributed by atoms with van der Waals surface area (Å²) in [5.41, 5.74) is 0. The largest absolute Gasteiger partial charge is 0.481 e. The molecule has 0 saturated heterocycles. The molecule has 4 nitrogen and oxygen atoms in total. The zero-order valence-electron chi connectivity index (χ0n) is 8.53. The highest BCUT2D eigenvalue weighted by atomic mass is 16.5. The Bertz CT molecular complexity index is 220. The zero-order chi connectivity index (χ0) is 11.0. The summed E-state index contributed by atoms with van der Waals surface area (Å²) in [4.78, 5) is 21.5. The molecule has 14 heavy (non-hydrogen) atoms. The van der Waals surface area contributed by atoms with Crippen LogP contribution in [-0.4, -0.2) is 24.2 Å². The summed E-state index contributed by atoms with van der Waals surface area (Å²) >= 11 is 0. The lowest BCUT2D eigenvalue weighted by Crippen LogP contribution is -2.17. The van der Waals surface area contributed by atoms with Gasteiger partial charge in [-0.15, -0.1) is 0 Å². The average molecular weight is 200 g/mol. The number of carbonyl (C=O) groups is 2. The summed E-state index contributed by atoms with van der Waals surface area (Å²) in [6.07, 6.45) is 5.01. The first-order chi connectivity index (χ1) is 6.61. The highest BCUT2D eigenvalue weighted by Crippen LogP contribution is 2.08. The SMILES string of the molecule is CCCC=CC(CC(=O)O)C(=O)OC. The number of carboxylic acid groups (broad SMARTS) is 1. The Balaban J connectivity index is 4.24. The van der Waals surface area contributed by atoms with Gasteiger partial charge in [-0.3, -0.25) is 9.59 Å². The molecule has 0 aromatic heterocycles. The maximum absolute atomic E-state index is 11.1. The molecule has 0 rings (SSSR count). The van der Waals surface area contributed by atoms with Gasteiger partial charge in [0.25, 0.3) is 0 Å². The van der Waals surface area contributed by atoms with E-state index >= 15 is 0 Å². The summed E-state index contributed by atoms with van der Waals surface area (Å²) in [7, 11) is 1.25. The van der Waals surface area contributed by atoms with Crippen LogP contribution in [0.3, 0.4) is 0 Å². The summed E-state index contributed by atoms with van der Waals surface area (Å²) in [6.45, 7) is 2.01. The summed E-state index contributed by atoms with van der Waals surface area (Å²) < 4.78 is 4.49. The van der Waals surface area contributed by atoms with Crippen molar-refractivity contribution >= 4 is 11.9 Å². The standard InChI is InChI=1S/C10H16O4/c1-3-4-5-6-8(7-9(11)12)10(13)14-2/h5-6,8H,3-4,7H2,1-2H3,(H,11,12). The highest BCUT2D eigenvalue weighted by molar-refractivity contribution is 5.80. The van der Waals surface area contributed by atoms with Gasteiger partial charge in [-0.2, -0.15) is 0 Å². The van der Waals surface area contributed by atoms with Gasteiger partial charge in [-0.1, -0.05) is 25.5 Å². The number of allylic oxidation sites excluding steroid dienone is 1. The Morgan fingerprint density at radius 3 is 2.57 bits per heavy atom. The van der Waals surface area contributed by atoms with Crippen molar-refractivity contribution in [2.75, 3.05) is 7.11 Å². The number of ether oxygens (including phenoxy) is 1. The van der Waals surface area contributed by atoms with Crippen LogP contribution in [0.25, 0.3) is 0 Å². The van der Waals surface area contributed by atoms with Crippen molar-refractivity contribution in [3.63, 3.8) is 0 Å². The minimum Gasteiger partial charge on any atom is -0.481 e. The lowest BCUT2D eigenvalue weighted by Gasteiger charge is -2.06. The van der Waals surface area contributed by atoms with Gasteiger partial charge in [0, 0.05) is 0 Å². The van der Waals surface area contributed by atoms with Crippen LogP contribution in [-0.2, 0) is 14.3 Å². The van der Waals surface area contributed by atoms with Crippen LogP contribution in [0.5, 0.6) is 0 Å². The molecule has 0 aliphatic carbocycles. The summed E-state index contributed by atoms with van der Waals surface area (Å²) in [5.74, 6) is -2.16. The van der Waals surface area contributed by atoms with Crippen LogP contribution in [0, 0.1) is 5.92 Å². The molecule has 4 heteroatoms. The second-order valence-corrected chi connectivity index (χ2v) is 2.94. The van der Waals surface area contributed by atoms with E-state index in [1.165, 1.54) is 7.11 Å². The van der Waals surface area contributed by atoms with Crippen LogP contribution in [0.1, 0.15) is 26.2 Å². The third-order valence-electron chi connectivity index (χ3n) is 1.72. The molecule has 0 fully saturated rings. The van der Waals surface area contributed by atoms with Crippen LogP contribution in [0.2, 0.25) is 0 Å². The Kier molecular flexibility index (Phi) is 6.45. The van der Waals surface area contributed by atoms with E-state index in [2.05, 4.69) is 4.74 Å². The normalized spacial score (nSPS) is 12.7. The van der Waals surface area contributed by atoms with Gasteiger partial charge >= 0.3 is 11.9 Å². The van der Waals surface area contributed by atoms with Gasteiger partial charge in [-0.25, -0.2) is 0 Å². The average Bonchev–Trinajstić information content (AvgIpc) is 2.15. The van der Waals surface area contributed by atoms with E-state index in [1.54, 1.807) is 6.08 Å². The molecule has 0 bridgehead atoms. The number of unbranched alkanes of at least 4 members (excludes halogenated alkanes) is 1. The highest BCUT2D eigenvalue weighted by Gasteiger charge is 2.18. The third kappa shape index (κ3) is 5.35. The molecule has 0 saturated carbocycles. The van der Waals surface area contributed by atoms with Crippen molar-refractivity contribution in [2.45, 2.75) is 26.2 Å². The number of hydrogen-bond acceptors (Lipinski definition) is 3. The van der Waals surface area contributed by atoms with Crippen LogP contribution in [0.4, 0.5) is 0 Å². The van der Waals surface area contributed by atoms with Crippen LogP contribution in [0.15, 0.2) is 12.2 Å². The van der Waals surface area contributed by atoms with Crippen molar-refractivity contribution < 1.29 is 19.4 Å². The molecule has 0 aromatic rings. The molecule has 0 amide bonds. The number of hydrogen-bond donors (Lipinski definition) is 1. The first-order valence-electron chi connectivity index (χ1n) is 4.58. The van der Waals surface area contributed by atoms with Crippen molar-refractivity contribution in [3.8, 4) is 0 Å². The van der Waals surface area contributed by atoms with E-state index in [1.807, 2.05) is 13.0 Å². The van der Waals surface area contributed by atoms with Crippen molar-refractivity contribution in [1.82, 2.24) is 0 Å². The van der Waals surface area contributed by atoms with Gasteiger partial charge < -0.3 is 9.84 Å². The maximum Gasteiger partial charge on any atom is 0.313 e. The first-order valence-corrected chi connectivity index (χ1v) is 4.58. The lowest BCUT2D eigenvalue weighted by molar-refractivity contribution is -0.148. The maximum atomic E-state index is 11.1. The second-order valence-electron chi connectivity index (χ2n) is 2.94. The van der Waals surface area contributed by atoms with Crippen LogP contribution < -0.4 is 0 Å². The molecule has 1 unspecified atom stereocenters. The molecule has 0 radical (unpaired) electrons. The van der Waals surface area contributed by atoms with E-state index in [9.17, 15) is 9.59 Å². The number of carboxylic acids is 1. The van der Waals surface area contributed by atoms with E-state index in [4.69, 9.17) is 5.11 Å². The molecule has 0 spiro atoms. The number of aliphatic carboxylic acids is 1. The van der Waals surface area contributed by atoms with Crippen LogP contribution >= 0.6 is 0 Å². The fourth-order valence-electron chi connectivity index (χ4n) is 0.997. The molecule has 80 valence electrons. The van der Waals surface area contributed by atoms with E-state index < -0.39 is 17.9 Å². The molecule has 0 heterocycles. The summed E-state index contributed by atoms with van der Waals surface area (Å²) in [5, 5.41) is 8.54. The molecule has 0 aromatic carbocycles. The van der Waals surface area contributed by atoms with E-state index in [0.717, 1.165) is 12.8 Å². The zero-order valence-corrected chi connectivity index (χ0v) is 8.53. The number of methoxy groups -OCH3 is 1. The predicted octanol–water partition coefficient (Wildman–Crippen LogP) is 1.61. The second kappa shape index (κ2) is 7.12. The Hall–Kier alpha value is -1.32. The number of rotatable bonds is 6. The first kappa shape index (κ1) is 12.7. The topological polar surface area (TPSA) is 63.6 Å². The summed E-state index contributed by atoms with van der Waals surface area (Å²) in [6, 6.07) is 0. The Morgan fingerprint density at radius 2 is 2.14 bits per heavy atom. The molecule has 1 atom stereocenters. The monoisotopic (exact) mass is 200 g/mol. The fourth-order valence-corrected chi connectivity index (χ4v) is 0.997. The number of esters is 1. The molecule has 0 aliphatic heterocycles. The van der Waals surface area contributed by atoms with Crippen molar-refractivity contribution in [3.05, 3.63) is 12.2 Å². The number of carbonyl (C=O) groups excluding carboxylic acids is 1.